The van der Waals surface area contributed by atoms with Gasteiger partial charge in [0.15, 0.2) is 0 Å². The number of ether oxygens (including phenoxy) is 1. The molecule has 5 heteroatoms. The fourth-order valence-corrected chi connectivity index (χ4v) is 1.94. The molecular formula is C16H16F3NO. The van der Waals surface area contributed by atoms with E-state index in [4.69, 9.17) is 10.5 Å². The normalized spacial score (nSPS) is 13.0. The van der Waals surface area contributed by atoms with Gasteiger partial charge in [0, 0.05) is 11.6 Å². The third-order valence-electron chi connectivity index (χ3n) is 3.09. The highest BCUT2D eigenvalue weighted by molar-refractivity contribution is 5.35. The molecule has 2 aromatic rings. The minimum Gasteiger partial charge on any atom is -0.489 e. The van der Waals surface area contributed by atoms with E-state index in [1.165, 1.54) is 12.1 Å². The Morgan fingerprint density at radius 1 is 1.05 bits per heavy atom. The molecule has 2 N–H and O–H groups in total. The van der Waals surface area contributed by atoms with Crippen LogP contribution in [0.3, 0.4) is 0 Å². The average molecular weight is 295 g/mol. The molecule has 0 radical (unpaired) electrons. The van der Waals surface area contributed by atoms with Crippen molar-refractivity contribution in [3.8, 4) is 5.75 Å². The molecule has 21 heavy (non-hydrogen) atoms. The van der Waals surface area contributed by atoms with Crippen molar-refractivity contribution < 1.29 is 17.9 Å². The van der Waals surface area contributed by atoms with Crippen molar-refractivity contribution in [2.24, 2.45) is 5.73 Å². The van der Waals surface area contributed by atoms with E-state index in [1.807, 2.05) is 25.1 Å². The van der Waals surface area contributed by atoms with E-state index in [-0.39, 0.29) is 12.6 Å². The van der Waals surface area contributed by atoms with Crippen molar-refractivity contribution in [3.63, 3.8) is 0 Å². The third kappa shape index (κ3) is 3.98. The standard InChI is InChI=1S/C16H16F3NO/c1-11(20)14-4-2-3-5-15(14)21-10-12-6-8-13(9-7-12)16(17,18)19/h2-9,11H,10,20H2,1H3. The summed E-state index contributed by atoms with van der Waals surface area (Å²) in [4.78, 5) is 0. The molecular weight excluding hydrogens is 279 g/mol. The summed E-state index contributed by atoms with van der Waals surface area (Å²) in [6.45, 7) is 2.04. The Morgan fingerprint density at radius 3 is 2.24 bits per heavy atom. The molecule has 1 atom stereocenters. The summed E-state index contributed by atoms with van der Waals surface area (Å²) in [7, 11) is 0. The molecule has 112 valence electrons. The van der Waals surface area contributed by atoms with E-state index >= 15 is 0 Å². The van der Waals surface area contributed by atoms with Crippen LogP contribution in [0.2, 0.25) is 0 Å². The molecule has 2 nitrogen and oxygen atoms in total. The number of hydrogen-bond donors (Lipinski definition) is 1. The molecule has 2 rings (SSSR count). The molecule has 0 heterocycles. The van der Waals surface area contributed by atoms with Gasteiger partial charge in [0.2, 0.25) is 0 Å². The number of halogens is 3. The highest BCUT2D eigenvalue weighted by atomic mass is 19.4. The maximum atomic E-state index is 12.5. The lowest BCUT2D eigenvalue weighted by Crippen LogP contribution is -2.08. The molecule has 0 saturated heterocycles. The first-order valence-corrected chi connectivity index (χ1v) is 6.51. The van der Waals surface area contributed by atoms with Crippen molar-refractivity contribution in [3.05, 3.63) is 65.2 Å². The Kier molecular flexibility index (Phi) is 4.53. The van der Waals surface area contributed by atoms with E-state index in [2.05, 4.69) is 0 Å². The zero-order valence-corrected chi connectivity index (χ0v) is 11.5. The van der Waals surface area contributed by atoms with Crippen LogP contribution in [0.5, 0.6) is 5.75 Å². The molecule has 0 amide bonds. The summed E-state index contributed by atoms with van der Waals surface area (Å²) >= 11 is 0. The number of alkyl halides is 3. The quantitative estimate of drug-likeness (QED) is 0.912. The Hall–Kier alpha value is -2.01. The molecule has 0 fully saturated rings. The van der Waals surface area contributed by atoms with E-state index in [9.17, 15) is 13.2 Å². The summed E-state index contributed by atoms with van der Waals surface area (Å²) < 4.78 is 43.0. The second-order valence-electron chi connectivity index (χ2n) is 4.81. The van der Waals surface area contributed by atoms with E-state index in [0.717, 1.165) is 17.7 Å². The van der Waals surface area contributed by atoms with Crippen LogP contribution in [0.1, 0.15) is 29.7 Å². The molecule has 0 spiro atoms. The van der Waals surface area contributed by atoms with Gasteiger partial charge in [0.1, 0.15) is 12.4 Å². The lowest BCUT2D eigenvalue weighted by molar-refractivity contribution is -0.137. The second-order valence-corrected chi connectivity index (χ2v) is 4.81. The third-order valence-corrected chi connectivity index (χ3v) is 3.09. The van der Waals surface area contributed by atoms with Crippen molar-refractivity contribution in [1.29, 1.82) is 0 Å². The first-order chi connectivity index (χ1) is 9.88. The minimum atomic E-state index is -4.32. The average Bonchev–Trinajstić information content (AvgIpc) is 2.45. The van der Waals surface area contributed by atoms with Crippen LogP contribution in [-0.4, -0.2) is 0 Å². The van der Waals surface area contributed by atoms with Gasteiger partial charge >= 0.3 is 6.18 Å². The molecule has 0 aliphatic heterocycles. The van der Waals surface area contributed by atoms with Crippen molar-refractivity contribution in [1.82, 2.24) is 0 Å². The first-order valence-electron chi connectivity index (χ1n) is 6.51. The van der Waals surface area contributed by atoms with Crippen molar-refractivity contribution in [2.45, 2.75) is 25.7 Å². The predicted molar refractivity (Wildman–Crippen MR) is 74.8 cm³/mol. The van der Waals surface area contributed by atoms with Crippen LogP contribution < -0.4 is 10.5 Å². The van der Waals surface area contributed by atoms with Gasteiger partial charge in [-0.1, -0.05) is 30.3 Å². The minimum absolute atomic E-state index is 0.172. The topological polar surface area (TPSA) is 35.2 Å². The summed E-state index contributed by atoms with van der Waals surface area (Å²) in [6.07, 6.45) is -4.32. The Bertz CT molecular complexity index is 591. The van der Waals surface area contributed by atoms with E-state index < -0.39 is 11.7 Å². The second kappa shape index (κ2) is 6.18. The molecule has 0 bridgehead atoms. The van der Waals surface area contributed by atoms with Crippen LogP contribution in [-0.2, 0) is 12.8 Å². The number of rotatable bonds is 4. The fraction of sp³-hybridized carbons (Fsp3) is 0.250. The molecule has 1 unspecified atom stereocenters. The van der Waals surface area contributed by atoms with Gasteiger partial charge in [-0.15, -0.1) is 0 Å². The van der Waals surface area contributed by atoms with Gasteiger partial charge in [0.05, 0.1) is 5.56 Å². The molecule has 2 aromatic carbocycles. The monoisotopic (exact) mass is 295 g/mol. The lowest BCUT2D eigenvalue weighted by Gasteiger charge is -2.14. The molecule has 0 aliphatic rings. The Balaban J connectivity index is 2.07. The zero-order valence-electron chi connectivity index (χ0n) is 11.5. The van der Waals surface area contributed by atoms with Crippen molar-refractivity contribution in [2.75, 3.05) is 0 Å². The van der Waals surface area contributed by atoms with Crippen LogP contribution in [0, 0.1) is 0 Å². The Labute approximate surface area is 121 Å². The molecule has 0 aliphatic carbocycles. The lowest BCUT2D eigenvalue weighted by atomic mass is 10.1. The maximum absolute atomic E-state index is 12.5. The van der Waals surface area contributed by atoms with E-state index in [0.29, 0.717) is 11.3 Å². The summed E-state index contributed by atoms with van der Waals surface area (Å²) in [5.74, 6) is 0.646. The predicted octanol–water partition coefficient (Wildman–Crippen LogP) is 4.30. The summed E-state index contributed by atoms with van der Waals surface area (Å²) in [5, 5.41) is 0. The smallest absolute Gasteiger partial charge is 0.416 e. The molecule has 0 aromatic heterocycles. The van der Waals surface area contributed by atoms with Gasteiger partial charge < -0.3 is 10.5 Å². The SMILES string of the molecule is CC(N)c1ccccc1OCc1ccc(C(F)(F)F)cc1. The van der Waals surface area contributed by atoms with E-state index in [1.54, 1.807) is 6.07 Å². The van der Waals surface area contributed by atoms with Crippen LogP contribution in [0.4, 0.5) is 13.2 Å². The van der Waals surface area contributed by atoms with Gasteiger partial charge in [-0.2, -0.15) is 13.2 Å². The largest absolute Gasteiger partial charge is 0.489 e. The zero-order chi connectivity index (χ0) is 15.5. The summed E-state index contributed by atoms with van der Waals surface area (Å²) in [5.41, 5.74) is 6.72. The van der Waals surface area contributed by atoms with Gasteiger partial charge in [0.25, 0.3) is 0 Å². The molecule has 0 saturated carbocycles. The fourth-order valence-electron chi connectivity index (χ4n) is 1.94. The van der Waals surface area contributed by atoms with Gasteiger partial charge in [-0.3, -0.25) is 0 Å². The van der Waals surface area contributed by atoms with Gasteiger partial charge in [-0.25, -0.2) is 0 Å². The first kappa shape index (κ1) is 15.4. The van der Waals surface area contributed by atoms with Crippen LogP contribution >= 0.6 is 0 Å². The highest BCUT2D eigenvalue weighted by Gasteiger charge is 2.29. The number of hydrogen-bond acceptors (Lipinski definition) is 2. The number of nitrogens with two attached hydrogens (primary N) is 1. The maximum Gasteiger partial charge on any atom is 0.416 e. The van der Waals surface area contributed by atoms with Crippen molar-refractivity contribution >= 4 is 0 Å². The summed E-state index contributed by atoms with van der Waals surface area (Å²) in [6, 6.07) is 12.1. The highest BCUT2D eigenvalue weighted by Crippen LogP contribution is 2.29. The number of para-hydroxylation sites is 1. The van der Waals surface area contributed by atoms with Crippen LogP contribution in [0.15, 0.2) is 48.5 Å². The van der Waals surface area contributed by atoms with Gasteiger partial charge in [-0.05, 0) is 30.7 Å². The Morgan fingerprint density at radius 2 is 1.67 bits per heavy atom. The van der Waals surface area contributed by atoms with Crippen LogP contribution in [0.25, 0.3) is 0 Å². The number of benzene rings is 2.